The lowest BCUT2D eigenvalue weighted by molar-refractivity contribution is -0.136. The summed E-state index contributed by atoms with van der Waals surface area (Å²) in [5, 5.41) is 20.6. The number of methoxy groups -OCH3 is 1. The predicted molar refractivity (Wildman–Crippen MR) is 125 cm³/mol. The molecule has 1 atom stereocenters. The summed E-state index contributed by atoms with van der Waals surface area (Å²) in [7, 11) is 1.20. The first kappa shape index (κ1) is 23.1. The molecule has 0 aliphatic carbocycles. The van der Waals surface area contributed by atoms with Crippen molar-refractivity contribution in [2.45, 2.75) is 25.8 Å². The molecule has 1 aliphatic rings. The van der Waals surface area contributed by atoms with E-state index in [0.29, 0.717) is 24.2 Å². The Morgan fingerprint density at radius 2 is 1.94 bits per heavy atom. The number of aryl methyl sites for hydroxylation is 2. The second-order valence-corrected chi connectivity index (χ2v) is 7.93. The normalized spacial score (nSPS) is 14.9. The van der Waals surface area contributed by atoms with Crippen molar-refractivity contribution in [2.75, 3.05) is 12.3 Å². The number of ether oxygens (including phenoxy) is 2. The number of esters is 1. The molecule has 3 N–H and O–H groups in total. The Morgan fingerprint density at radius 1 is 1.21 bits per heavy atom. The molecule has 0 spiro atoms. The van der Waals surface area contributed by atoms with Crippen LogP contribution >= 0.6 is 0 Å². The highest BCUT2D eigenvalue weighted by molar-refractivity contribution is 5.92. The fraction of sp³-hybridized carbons (Fsp3) is 0.200. The van der Waals surface area contributed by atoms with Crippen molar-refractivity contribution in [1.29, 1.82) is 0 Å². The summed E-state index contributed by atoms with van der Waals surface area (Å²) >= 11 is 0. The maximum Gasteiger partial charge on any atom is 0.340 e. The van der Waals surface area contributed by atoms with Crippen molar-refractivity contribution in [2.24, 2.45) is 5.73 Å². The number of hydrogen-bond acceptors (Lipinski definition) is 8. The van der Waals surface area contributed by atoms with Gasteiger partial charge in [-0.2, -0.15) is 0 Å². The van der Waals surface area contributed by atoms with Gasteiger partial charge in [0.15, 0.2) is 0 Å². The van der Waals surface area contributed by atoms with Gasteiger partial charge < -0.3 is 30.2 Å². The number of aromatic nitrogens is 1. The number of nitrogens with zero attached hydrogens (tertiary/aromatic N) is 2. The van der Waals surface area contributed by atoms with Crippen molar-refractivity contribution in [3.8, 4) is 5.75 Å². The van der Waals surface area contributed by atoms with E-state index in [1.165, 1.54) is 25.3 Å². The highest BCUT2D eigenvalue weighted by Crippen LogP contribution is 2.42. The van der Waals surface area contributed by atoms with Crippen molar-refractivity contribution in [1.82, 2.24) is 4.57 Å². The first-order valence-electron chi connectivity index (χ1n) is 10.6. The van der Waals surface area contributed by atoms with Crippen LogP contribution in [0.3, 0.4) is 0 Å². The third-order valence-corrected chi connectivity index (χ3v) is 5.87. The highest BCUT2D eigenvalue weighted by Gasteiger charge is 2.38. The molecule has 9 nitrogen and oxygen atoms in total. The minimum absolute atomic E-state index is 0.0573. The van der Waals surface area contributed by atoms with Gasteiger partial charge >= 0.3 is 5.97 Å². The number of carbonyl (C=O) groups is 1. The Bertz CT molecular complexity index is 1310. The minimum atomic E-state index is -0.966. The van der Waals surface area contributed by atoms with Crippen molar-refractivity contribution >= 4 is 11.7 Å². The molecule has 1 aromatic heterocycles. The van der Waals surface area contributed by atoms with E-state index < -0.39 is 11.9 Å². The third kappa shape index (κ3) is 4.26. The molecule has 0 amide bonds. The molecular formula is C25H24N3O6-. The van der Waals surface area contributed by atoms with E-state index >= 15 is 0 Å². The Balaban J connectivity index is 1.88. The van der Waals surface area contributed by atoms with Crippen molar-refractivity contribution < 1.29 is 19.5 Å². The molecule has 9 heteroatoms. The van der Waals surface area contributed by atoms with Crippen molar-refractivity contribution in [3.05, 3.63) is 110 Å². The number of rotatable bonds is 6. The van der Waals surface area contributed by atoms with E-state index in [0.717, 1.165) is 5.56 Å². The van der Waals surface area contributed by atoms with E-state index in [1.54, 1.807) is 23.6 Å². The van der Waals surface area contributed by atoms with Gasteiger partial charge in [0, 0.05) is 18.3 Å². The number of carbonyl (C=O) groups excluding carboxylic acids is 1. The molecule has 0 fully saturated rings. The average Bonchev–Trinajstić information content (AvgIpc) is 2.83. The first-order chi connectivity index (χ1) is 16.3. The molecule has 176 valence electrons. The van der Waals surface area contributed by atoms with Crippen molar-refractivity contribution in [3.63, 3.8) is 0 Å². The quantitative estimate of drug-likeness (QED) is 0.422. The van der Waals surface area contributed by atoms with Crippen LogP contribution in [0.1, 0.15) is 28.3 Å². The number of hydrogen-bond donors (Lipinski definition) is 2. The van der Waals surface area contributed by atoms with Crippen LogP contribution in [-0.2, 0) is 22.5 Å². The van der Waals surface area contributed by atoms with Gasteiger partial charge in [-0.05, 0) is 36.6 Å². The highest BCUT2D eigenvalue weighted by atomic mass is 16.8. The summed E-state index contributed by atoms with van der Waals surface area (Å²) in [5.41, 5.74) is 7.96. The van der Waals surface area contributed by atoms with Crippen LogP contribution in [0.2, 0.25) is 0 Å². The van der Waals surface area contributed by atoms with E-state index in [-0.39, 0.29) is 39.2 Å². The smallest absolute Gasteiger partial charge is 0.340 e. The van der Waals surface area contributed by atoms with E-state index in [2.05, 4.69) is 0 Å². The summed E-state index contributed by atoms with van der Waals surface area (Å²) in [6, 6.07) is 17.4. The Morgan fingerprint density at radius 3 is 2.62 bits per heavy atom. The number of nitrogens with two attached hydrogens (primary N) is 1. The lowest BCUT2D eigenvalue weighted by atomic mass is 9.83. The van der Waals surface area contributed by atoms with E-state index in [9.17, 15) is 20.0 Å². The number of pyridine rings is 1. The molecule has 4 rings (SSSR count). The zero-order valence-electron chi connectivity index (χ0n) is 18.7. The number of fused-ring (bicyclic) bond motifs is 1. The van der Waals surface area contributed by atoms with Gasteiger partial charge in [0.1, 0.15) is 11.3 Å². The van der Waals surface area contributed by atoms with Gasteiger partial charge in [0.05, 0.1) is 24.3 Å². The maximum atomic E-state index is 13.8. The molecule has 0 bridgehead atoms. The summed E-state index contributed by atoms with van der Waals surface area (Å²) in [5.74, 6) is -1.70. The molecule has 2 aromatic carbocycles. The van der Waals surface area contributed by atoms with E-state index in [1.807, 2.05) is 30.3 Å². The predicted octanol–water partition coefficient (Wildman–Crippen LogP) is 2.96. The zero-order chi connectivity index (χ0) is 24.4. The monoisotopic (exact) mass is 462 g/mol. The topological polar surface area (TPSA) is 130 Å². The summed E-state index contributed by atoms with van der Waals surface area (Å²) < 4.78 is 12.2. The molecule has 1 unspecified atom stereocenters. The Kier molecular flexibility index (Phi) is 6.40. The van der Waals surface area contributed by atoms with Gasteiger partial charge in [-0.15, -0.1) is 0 Å². The number of benzene rings is 2. The molecule has 1 aliphatic heterocycles. The third-order valence-electron chi connectivity index (χ3n) is 5.87. The summed E-state index contributed by atoms with van der Waals surface area (Å²) in [6.07, 6.45) is 0.624. The van der Waals surface area contributed by atoms with Gasteiger partial charge in [0.2, 0.25) is 5.88 Å². The van der Waals surface area contributed by atoms with Gasteiger partial charge in [-0.25, -0.2) is 4.79 Å². The van der Waals surface area contributed by atoms with Gasteiger partial charge in [0.25, 0.3) is 5.56 Å². The summed E-state index contributed by atoms with van der Waals surface area (Å²) in [4.78, 5) is 26.5. The average molecular weight is 462 g/mol. The second kappa shape index (κ2) is 9.42. The molecule has 34 heavy (non-hydrogen) atoms. The summed E-state index contributed by atoms with van der Waals surface area (Å²) in [6.45, 7) is 2.20. The van der Waals surface area contributed by atoms with Crippen LogP contribution in [-0.4, -0.2) is 22.9 Å². The molecular weight excluding hydrogens is 438 g/mol. The van der Waals surface area contributed by atoms with Crippen LogP contribution in [0.15, 0.2) is 76.9 Å². The number of anilines is 1. The molecule has 3 aromatic rings. The lowest BCUT2D eigenvalue weighted by Crippen LogP contribution is -2.35. The van der Waals surface area contributed by atoms with Crippen LogP contribution in [0.5, 0.6) is 5.75 Å². The first-order valence-corrected chi connectivity index (χ1v) is 10.6. The van der Waals surface area contributed by atoms with E-state index in [4.69, 9.17) is 15.2 Å². The Labute approximate surface area is 195 Å². The van der Waals surface area contributed by atoms with Crippen LogP contribution in [0.4, 0.5) is 5.69 Å². The molecule has 2 heterocycles. The maximum absolute atomic E-state index is 13.8. The lowest BCUT2D eigenvalue weighted by Gasteiger charge is -2.30. The fourth-order valence-electron chi connectivity index (χ4n) is 4.22. The Hall–Kier alpha value is -4.08. The molecule has 0 saturated carbocycles. The molecule has 0 saturated heterocycles. The minimum Gasteiger partial charge on any atom is -0.733 e. The van der Waals surface area contributed by atoms with Gasteiger partial charge in [-0.3, -0.25) is 10.0 Å². The van der Waals surface area contributed by atoms with Crippen LogP contribution < -0.4 is 21.3 Å². The van der Waals surface area contributed by atoms with Gasteiger partial charge in [-0.1, -0.05) is 42.5 Å². The fourth-order valence-corrected chi connectivity index (χ4v) is 4.22. The largest absolute Gasteiger partial charge is 0.733 e. The second-order valence-electron chi connectivity index (χ2n) is 7.93. The zero-order valence-corrected chi connectivity index (χ0v) is 18.7. The van der Waals surface area contributed by atoms with Crippen LogP contribution in [0, 0.1) is 12.1 Å². The standard InChI is InChI=1S/C25H24N3O6/c1-15-13-19-21(24(29)27(15)12-11-16-7-4-3-5-8-16)20(22(23(26)34-19)25(30)33-2)17-9-6-10-18(14-17)28(31)32/h3-10,13-14,20,31H,11-12,26H2,1-2H3/q-1. The SMILES string of the molecule is COC(=O)C1=C(N)Oc2cc(C)n(CCc3ccccc3)c(=O)c2C1c1cccc(N([O-])O)c1. The van der Waals surface area contributed by atoms with Crippen LogP contribution in [0.25, 0.3) is 0 Å². The molecule has 0 radical (unpaired) electrons.